The van der Waals surface area contributed by atoms with E-state index in [0.29, 0.717) is 12.0 Å². The van der Waals surface area contributed by atoms with Gasteiger partial charge in [0.1, 0.15) is 17.2 Å². The molecule has 3 aliphatic rings. The highest BCUT2D eigenvalue weighted by Crippen LogP contribution is 2.47. The van der Waals surface area contributed by atoms with E-state index < -0.39 is 0 Å². The molecule has 0 spiro atoms. The molecule has 5 rings (SSSR count). The van der Waals surface area contributed by atoms with Gasteiger partial charge in [-0.3, -0.25) is 4.90 Å². The van der Waals surface area contributed by atoms with Crippen LogP contribution in [0.25, 0.3) is 0 Å². The van der Waals surface area contributed by atoms with Gasteiger partial charge in [-0.1, -0.05) is 18.6 Å². The Hall–Kier alpha value is -2.24. The molecule has 2 fully saturated rings. The fraction of sp³-hybridized carbons (Fsp3) is 0.571. The van der Waals surface area contributed by atoms with Crippen LogP contribution >= 0.6 is 0 Å². The lowest BCUT2D eigenvalue weighted by Gasteiger charge is -2.38. The molecule has 5 nitrogen and oxygen atoms in total. The van der Waals surface area contributed by atoms with E-state index in [1.165, 1.54) is 68.4 Å². The molecule has 2 aromatic rings. The normalized spacial score (nSPS) is 23.1. The average molecular weight is 451 g/mol. The largest absolute Gasteiger partial charge is 0.497 e. The van der Waals surface area contributed by atoms with E-state index in [2.05, 4.69) is 34.1 Å². The van der Waals surface area contributed by atoms with Crippen molar-refractivity contribution < 1.29 is 14.2 Å². The first-order chi connectivity index (χ1) is 16.3. The minimum Gasteiger partial charge on any atom is -0.497 e. The summed E-state index contributed by atoms with van der Waals surface area (Å²) >= 11 is 0. The van der Waals surface area contributed by atoms with E-state index in [4.69, 9.17) is 14.2 Å². The van der Waals surface area contributed by atoms with E-state index in [1.807, 2.05) is 12.1 Å². The van der Waals surface area contributed by atoms with Crippen molar-refractivity contribution >= 4 is 0 Å². The molecule has 2 atom stereocenters. The van der Waals surface area contributed by atoms with Crippen molar-refractivity contribution in [3.63, 3.8) is 0 Å². The summed E-state index contributed by atoms with van der Waals surface area (Å²) < 4.78 is 17.4. The Labute approximate surface area is 198 Å². The zero-order valence-corrected chi connectivity index (χ0v) is 20.2. The van der Waals surface area contributed by atoms with E-state index in [0.717, 1.165) is 43.4 Å². The minimum absolute atomic E-state index is 0.295. The summed E-state index contributed by atoms with van der Waals surface area (Å²) in [5.41, 5.74) is 4.09. The SMILES string of the molecule is COc1ccc([C@H]2CN3CCC[C@@H]3c3cc(OCCCN4CCCCC4)ccc32)c(OC)c1. The van der Waals surface area contributed by atoms with Crippen LogP contribution in [0.2, 0.25) is 0 Å². The third-order valence-electron chi connectivity index (χ3n) is 7.73. The molecule has 178 valence electrons. The summed E-state index contributed by atoms with van der Waals surface area (Å²) in [4.78, 5) is 5.24. The van der Waals surface area contributed by atoms with Crippen LogP contribution in [-0.4, -0.2) is 63.4 Å². The van der Waals surface area contributed by atoms with Gasteiger partial charge in [-0.2, -0.15) is 0 Å². The van der Waals surface area contributed by atoms with Crippen LogP contribution < -0.4 is 14.2 Å². The van der Waals surface area contributed by atoms with Crippen molar-refractivity contribution in [2.45, 2.75) is 50.5 Å². The second-order valence-electron chi connectivity index (χ2n) is 9.71. The second-order valence-corrected chi connectivity index (χ2v) is 9.71. The molecule has 0 bridgehead atoms. The van der Waals surface area contributed by atoms with Gasteiger partial charge < -0.3 is 19.1 Å². The molecule has 3 aliphatic heterocycles. The first kappa shape index (κ1) is 22.5. The van der Waals surface area contributed by atoms with Crippen molar-refractivity contribution in [2.24, 2.45) is 0 Å². The van der Waals surface area contributed by atoms with Gasteiger partial charge in [-0.15, -0.1) is 0 Å². The maximum atomic E-state index is 6.24. The highest BCUT2D eigenvalue weighted by molar-refractivity contribution is 5.51. The Morgan fingerprint density at radius 1 is 0.818 bits per heavy atom. The molecular weight excluding hydrogens is 412 g/mol. The van der Waals surface area contributed by atoms with E-state index >= 15 is 0 Å². The number of nitrogens with zero attached hydrogens (tertiary/aromatic N) is 2. The standard InChI is InChI=1S/C28H38N2O3/c1-31-21-9-12-24(28(19-21)32-2)26-20-30-16-6-8-27(30)25-18-22(10-11-23(25)26)33-17-7-15-29-13-4-3-5-14-29/h9-12,18-19,26-27H,3-8,13-17,20H2,1-2H3/t26-,27+/m0/s1. The maximum Gasteiger partial charge on any atom is 0.126 e. The van der Waals surface area contributed by atoms with Gasteiger partial charge in [-0.25, -0.2) is 0 Å². The molecule has 0 aromatic heterocycles. The number of hydrogen-bond acceptors (Lipinski definition) is 5. The summed E-state index contributed by atoms with van der Waals surface area (Å²) in [7, 11) is 3.45. The predicted octanol–water partition coefficient (Wildman–Crippen LogP) is 5.24. The topological polar surface area (TPSA) is 34.2 Å². The van der Waals surface area contributed by atoms with Crippen LogP contribution in [0.1, 0.15) is 67.2 Å². The van der Waals surface area contributed by atoms with Crippen LogP contribution in [0.15, 0.2) is 36.4 Å². The molecule has 0 unspecified atom stereocenters. The van der Waals surface area contributed by atoms with Gasteiger partial charge >= 0.3 is 0 Å². The van der Waals surface area contributed by atoms with Gasteiger partial charge in [0.2, 0.25) is 0 Å². The first-order valence-electron chi connectivity index (χ1n) is 12.7. The number of benzene rings is 2. The Morgan fingerprint density at radius 2 is 1.64 bits per heavy atom. The first-order valence-corrected chi connectivity index (χ1v) is 12.7. The summed E-state index contributed by atoms with van der Waals surface area (Å²) in [5.74, 6) is 3.05. The quantitative estimate of drug-likeness (QED) is 0.514. The number of hydrogen-bond donors (Lipinski definition) is 0. The summed E-state index contributed by atoms with van der Waals surface area (Å²) in [5, 5.41) is 0. The molecule has 2 aromatic carbocycles. The number of methoxy groups -OCH3 is 2. The highest BCUT2D eigenvalue weighted by Gasteiger charge is 2.37. The molecule has 5 heteroatoms. The monoisotopic (exact) mass is 450 g/mol. The number of fused-ring (bicyclic) bond motifs is 3. The molecule has 3 heterocycles. The van der Waals surface area contributed by atoms with Gasteiger partial charge in [0.15, 0.2) is 0 Å². The fourth-order valence-corrected chi connectivity index (χ4v) is 6.01. The van der Waals surface area contributed by atoms with Gasteiger partial charge in [0.25, 0.3) is 0 Å². The lowest BCUT2D eigenvalue weighted by molar-refractivity contribution is 0.204. The lowest BCUT2D eigenvalue weighted by Crippen LogP contribution is -2.34. The Morgan fingerprint density at radius 3 is 2.45 bits per heavy atom. The molecule has 0 aliphatic carbocycles. The van der Waals surface area contributed by atoms with Crippen molar-refractivity contribution in [2.75, 3.05) is 53.6 Å². The van der Waals surface area contributed by atoms with Crippen molar-refractivity contribution in [1.29, 1.82) is 0 Å². The van der Waals surface area contributed by atoms with Gasteiger partial charge in [-0.05, 0) is 81.1 Å². The van der Waals surface area contributed by atoms with E-state index in [9.17, 15) is 0 Å². The average Bonchev–Trinajstić information content (AvgIpc) is 3.35. The Kier molecular flexibility index (Phi) is 7.07. The predicted molar refractivity (Wildman–Crippen MR) is 132 cm³/mol. The van der Waals surface area contributed by atoms with Crippen LogP contribution in [0, 0.1) is 0 Å². The van der Waals surface area contributed by atoms with Crippen molar-refractivity contribution in [3.05, 3.63) is 53.1 Å². The van der Waals surface area contributed by atoms with Gasteiger partial charge in [0, 0.05) is 36.7 Å². The Balaban J connectivity index is 1.34. The van der Waals surface area contributed by atoms with Gasteiger partial charge in [0.05, 0.1) is 20.8 Å². The van der Waals surface area contributed by atoms with Crippen LogP contribution in [-0.2, 0) is 0 Å². The summed E-state index contributed by atoms with van der Waals surface area (Å²) in [6, 6.07) is 13.5. The smallest absolute Gasteiger partial charge is 0.126 e. The number of piperidine rings is 1. The van der Waals surface area contributed by atoms with E-state index in [-0.39, 0.29) is 0 Å². The number of rotatable bonds is 8. The van der Waals surface area contributed by atoms with Crippen LogP contribution in [0.4, 0.5) is 0 Å². The lowest BCUT2D eigenvalue weighted by atomic mass is 9.81. The third kappa shape index (κ3) is 4.85. The minimum atomic E-state index is 0.295. The number of likely N-dealkylation sites (tertiary alicyclic amines) is 1. The molecule has 0 N–H and O–H groups in total. The molecular formula is C28H38N2O3. The molecule has 33 heavy (non-hydrogen) atoms. The van der Waals surface area contributed by atoms with Crippen molar-refractivity contribution in [1.82, 2.24) is 9.80 Å². The summed E-state index contributed by atoms with van der Waals surface area (Å²) in [6.07, 6.45) is 7.69. The zero-order valence-electron chi connectivity index (χ0n) is 20.2. The van der Waals surface area contributed by atoms with E-state index in [1.54, 1.807) is 14.2 Å². The zero-order chi connectivity index (χ0) is 22.6. The Bertz CT molecular complexity index is 941. The molecule has 0 radical (unpaired) electrons. The number of ether oxygens (including phenoxy) is 3. The van der Waals surface area contributed by atoms with Crippen LogP contribution in [0.3, 0.4) is 0 Å². The maximum absolute atomic E-state index is 6.24. The third-order valence-corrected chi connectivity index (χ3v) is 7.73. The second kappa shape index (κ2) is 10.4. The van der Waals surface area contributed by atoms with Crippen molar-refractivity contribution in [3.8, 4) is 17.2 Å². The van der Waals surface area contributed by atoms with Crippen LogP contribution in [0.5, 0.6) is 17.2 Å². The summed E-state index contributed by atoms with van der Waals surface area (Å²) in [6.45, 7) is 6.66. The molecule has 0 saturated carbocycles. The molecule has 0 amide bonds. The molecule has 2 saturated heterocycles. The highest BCUT2D eigenvalue weighted by atomic mass is 16.5. The fourth-order valence-electron chi connectivity index (χ4n) is 6.01.